The summed E-state index contributed by atoms with van der Waals surface area (Å²) in [5.41, 5.74) is 1.73. The molecule has 2 aromatic carbocycles. The minimum atomic E-state index is -0.456. The zero-order valence-corrected chi connectivity index (χ0v) is 17.0. The summed E-state index contributed by atoms with van der Waals surface area (Å²) >= 11 is 0. The van der Waals surface area contributed by atoms with E-state index in [0.717, 1.165) is 29.7 Å². The predicted molar refractivity (Wildman–Crippen MR) is 109 cm³/mol. The van der Waals surface area contributed by atoms with Gasteiger partial charge in [-0.15, -0.1) is 0 Å². The number of esters is 1. The second kappa shape index (κ2) is 9.07. The van der Waals surface area contributed by atoms with Crippen LogP contribution in [0.3, 0.4) is 0 Å². The van der Waals surface area contributed by atoms with Gasteiger partial charge in [0.1, 0.15) is 19.0 Å². The van der Waals surface area contributed by atoms with Crippen LogP contribution in [0.1, 0.15) is 30.0 Å². The molecule has 1 unspecified atom stereocenters. The fourth-order valence-electron chi connectivity index (χ4n) is 3.96. The number of rotatable bonds is 6. The average Bonchev–Trinajstić information content (AvgIpc) is 3.27. The second-order valence-corrected chi connectivity index (χ2v) is 7.30. The molecule has 7 heteroatoms. The van der Waals surface area contributed by atoms with E-state index in [1.165, 1.54) is 0 Å². The van der Waals surface area contributed by atoms with E-state index in [1.807, 2.05) is 30.3 Å². The molecule has 0 N–H and O–H groups in total. The van der Waals surface area contributed by atoms with Gasteiger partial charge in [-0.25, -0.2) is 0 Å². The van der Waals surface area contributed by atoms with Crippen LogP contribution in [0.5, 0.6) is 17.2 Å². The lowest BCUT2D eigenvalue weighted by Crippen LogP contribution is -2.34. The summed E-state index contributed by atoms with van der Waals surface area (Å²) in [5.74, 6) is 1.41. The van der Waals surface area contributed by atoms with Gasteiger partial charge in [0.25, 0.3) is 5.91 Å². The van der Waals surface area contributed by atoms with E-state index in [2.05, 4.69) is 0 Å². The lowest BCUT2D eigenvalue weighted by Gasteiger charge is -2.26. The number of amides is 1. The summed E-state index contributed by atoms with van der Waals surface area (Å²) in [7, 11) is 1.55. The van der Waals surface area contributed by atoms with Gasteiger partial charge in [-0.2, -0.15) is 0 Å². The number of likely N-dealkylation sites (tertiary alicyclic amines) is 1. The lowest BCUT2D eigenvalue weighted by atomic mass is 10.0. The SMILES string of the molecule is COc1ccccc1CC(=O)OCC(=O)N1CCCC1c1ccc2c(c1)OCCO2. The number of benzene rings is 2. The summed E-state index contributed by atoms with van der Waals surface area (Å²) in [4.78, 5) is 26.8. The van der Waals surface area contributed by atoms with Crippen molar-refractivity contribution < 1.29 is 28.5 Å². The number of para-hydroxylation sites is 1. The van der Waals surface area contributed by atoms with Gasteiger partial charge in [-0.3, -0.25) is 9.59 Å². The zero-order chi connectivity index (χ0) is 20.9. The molecule has 2 aliphatic rings. The van der Waals surface area contributed by atoms with Crippen molar-refractivity contribution in [1.29, 1.82) is 0 Å². The van der Waals surface area contributed by atoms with Crippen molar-refractivity contribution in [1.82, 2.24) is 4.90 Å². The van der Waals surface area contributed by atoms with Gasteiger partial charge in [0.05, 0.1) is 19.6 Å². The Kier molecular flexibility index (Phi) is 6.07. The zero-order valence-electron chi connectivity index (χ0n) is 17.0. The quantitative estimate of drug-likeness (QED) is 0.681. The van der Waals surface area contributed by atoms with Crippen LogP contribution in [-0.2, 0) is 20.7 Å². The van der Waals surface area contributed by atoms with Crippen molar-refractivity contribution in [3.05, 3.63) is 53.6 Å². The van der Waals surface area contributed by atoms with Gasteiger partial charge in [0.2, 0.25) is 0 Å². The third kappa shape index (κ3) is 4.35. The maximum atomic E-state index is 12.8. The van der Waals surface area contributed by atoms with E-state index in [9.17, 15) is 9.59 Å². The highest BCUT2D eigenvalue weighted by Gasteiger charge is 2.31. The third-order valence-electron chi connectivity index (χ3n) is 5.41. The minimum absolute atomic E-state index is 0.0544. The van der Waals surface area contributed by atoms with E-state index < -0.39 is 5.97 Å². The molecule has 0 radical (unpaired) electrons. The highest BCUT2D eigenvalue weighted by atomic mass is 16.6. The molecule has 30 heavy (non-hydrogen) atoms. The molecule has 2 aromatic rings. The van der Waals surface area contributed by atoms with Crippen LogP contribution in [0.15, 0.2) is 42.5 Å². The van der Waals surface area contributed by atoms with Crippen LogP contribution in [0.2, 0.25) is 0 Å². The van der Waals surface area contributed by atoms with Crippen molar-refractivity contribution in [2.24, 2.45) is 0 Å². The van der Waals surface area contributed by atoms with E-state index in [1.54, 1.807) is 24.1 Å². The first-order valence-corrected chi connectivity index (χ1v) is 10.1. The minimum Gasteiger partial charge on any atom is -0.496 e. The number of carbonyl (C=O) groups excluding carboxylic acids is 2. The van der Waals surface area contributed by atoms with Crippen molar-refractivity contribution in [3.63, 3.8) is 0 Å². The number of methoxy groups -OCH3 is 1. The molecule has 1 fully saturated rings. The Labute approximate surface area is 175 Å². The second-order valence-electron chi connectivity index (χ2n) is 7.30. The van der Waals surface area contributed by atoms with E-state index >= 15 is 0 Å². The Morgan fingerprint density at radius 2 is 1.90 bits per heavy atom. The first-order valence-electron chi connectivity index (χ1n) is 10.1. The van der Waals surface area contributed by atoms with Crippen LogP contribution in [0.4, 0.5) is 0 Å². The molecular formula is C23H25NO6. The molecule has 2 heterocycles. The smallest absolute Gasteiger partial charge is 0.310 e. The molecule has 2 aliphatic heterocycles. The van der Waals surface area contributed by atoms with Crippen LogP contribution in [0, 0.1) is 0 Å². The first-order chi connectivity index (χ1) is 14.7. The topological polar surface area (TPSA) is 74.3 Å². The summed E-state index contributed by atoms with van der Waals surface area (Å²) in [6.07, 6.45) is 1.82. The Morgan fingerprint density at radius 1 is 1.10 bits per heavy atom. The van der Waals surface area contributed by atoms with Gasteiger partial charge < -0.3 is 23.8 Å². The molecular weight excluding hydrogens is 386 g/mol. The van der Waals surface area contributed by atoms with Crippen LogP contribution >= 0.6 is 0 Å². The summed E-state index contributed by atoms with van der Waals surface area (Å²) < 4.78 is 21.8. The van der Waals surface area contributed by atoms with Crippen LogP contribution in [0.25, 0.3) is 0 Å². The Hall–Kier alpha value is -3.22. The van der Waals surface area contributed by atoms with E-state index in [0.29, 0.717) is 31.3 Å². The average molecular weight is 411 g/mol. The molecule has 1 saturated heterocycles. The van der Waals surface area contributed by atoms with Crippen molar-refractivity contribution in [2.45, 2.75) is 25.3 Å². The summed E-state index contributed by atoms with van der Waals surface area (Å²) in [6, 6.07) is 13.0. The van der Waals surface area contributed by atoms with Crippen molar-refractivity contribution in [2.75, 3.05) is 33.5 Å². The fraction of sp³-hybridized carbons (Fsp3) is 0.391. The van der Waals surface area contributed by atoms with Gasteiger partial charge in [0, 0.05) is 12.1 Å². The molecule has 0 aromatic heterocycles. The van der Waals surface area contributed by atoms with Gasteiger partial charge in [-0.1, -0.05) is 24.3 Å². The Bertz CT molecular complexity index is 928. The normalized spacial score (nSPS) is 17.5. The lowest BCUT2D eigenvalue weighted by molar-refractivity contribution is -0.151. The largest absolute Gasteiger partial charge is 0.496 e. The Balaban J connectivity index is 1.36. The van der Waals surface area contributed by atoms with Crippen molar-refractivity contribution in [3.8, 4) is 17.2 Å². The van der Waals surface area contributed by atoms with Gasteiger partial charge in [-0.05, 0) is 36.6 Å². The number of hydrogen-bond acceptors (Lipinski definition) is 6. The number of hydrogen-bond donors (Lipinski definition) is 0. The maximum Gasteiger partial charge on any atom is 0.310 e. The molecule has 1 atom stereocenters. The molecule has 4 rings (SSSR count). The molecule has 7 nitrogen and oxygen atoms in total. The molecule has 1 amide bonds. The van der Waals surface area contributed by atoms with Crippen LogP contribution < -0.4 is 14.2 Å². The third-order valence-corrected chi connectivity index (χ3v) is 5.41. The highest BCUT2D eigenvalue weighted by Crippen LogP contribution is 2.38. The molecule has 158 valence electrons. The van der Waals surface area contributed by atoms with Crippen LogP contribution in [-0.4, -0.2) is 50.3 Å². The summed E-state index contributed by atoms with van der Waals surface area (Å²) in [5, 5.41) is 0. The first kappa shape index (κ1) is 20.1. The van der Waals surface area contributed by atoms with E-state index in [4.69, 9.17) is 18.9 Å². The molecule has 0 aliphatic carbocycles. The fourth-order valence-corrected chi connectivity index (χ4v) is 3.96. The highest BCUT2D eigenvalue weighted by molar-refractivity contribution is 5.82. The van der Waals surface area contributed by atoms with E-state index in [-0.39, 0.29) is 25.0 Å². The van der Waals surface area contributed by atoms with Gasteiger partial charge >= 0.3 is 5.97 Å². The van der Waals surface area contributed by atoms with Crippen molar-refractivity contribution >= 4 is 11.9 Å². The number of fused-ring (bicyclic) bond motifs is 1. The monoisotopic (exact) mass is 411 g/mol. The Morgan fingerprint density at radius 3 is 2.73 bits per heavy atom. The maximum absolute atomic E-state index is 12.8. The van der Waals surface area contributed by atoms with Gasteiger partial charge in [0.15, 0.2) is 18.1 Å². The molecule has 0 bridgehead atoms. The number of carbonyl (C=O) groups is 2. The molecule has 0 saturated carbocycles. The standard InChI is InChI=1S/C23H25NO6/c1-27-19-7-3-2-5-17(19)14-23(26)30-15-22(25)24-10-4-6-18(24)16-8-9-20-21(13-16)29-12-11-28-20/h2-3,5,7-9,13,18H,4,6,10-12,14-15H2,1H3. The predicted octanol–water partition coefficient (Wildman–Crippen LogP) is 2.92. The summed E-state index contributed by atoms with van der Waals surface area (Å²) in [6.45, 7) is 1.43. The molecule has 0 spiro atoms. The number of nitrogens with zero attached hydrogens (tertiary/aromatic N) is 1. The number of ether oxygens (including phenoxy) is 4.